The third-order valence-electron chi connectivity index (χ3n) is 3.31. The van der Waals surface area contributed by atoms with Crippen LogP contribution >= 0.6 is 11.6 Å². The van der Waals surface area contributed by atoms with Crippen LogP contribution in [0.5, 0.6) is 0 Å². The van der Waals surface area contributed by atoms with E-state index in [9.17, 15) is 0 Å². The van der Waals surface area contributed by atoms with E-state index in [0.717, 1.165) is 10.6 Å². The molecule has 0 N–H and O–H groups in total. The first-order chi connectivity index (χ1) is 6.74. The number of rotatable bonds is 1. The molecular weight excluding hydrogens is 192 g/mol. The van der Waals surface area contributed by atoms with Gasteiger partial charge in [0.25, 0.3) is 0 Å². The minimum absolute atomic E-state index is 0.648. The summed E-state index contributed by atoms with van der Waals surface area (Å²) in [7, 11) is 0. The van der Waals surface area contributed by atoms with Crippen LogP contribution in [-0.2, 0) is 0 Å². The van der Waals surface area contributed by atoms with Crippen molar-refractivity contribution in [2.24, 2.45) is 11.8 Å². The van der Waals surface area contributed by atoms with E-state index >= 15 is 0 Å². The zero-order valence-corrected chi connectivity index (χ0v) is 9.27. The third kappa shape index (κ3) is 1.49. The van der Waals surface area contributed by atoms with E-state index in [4.69, 9.17) is 11.6 Å². The van der Waals surface area contributed by atoms with Gasteiger partial charge in [-0.05, 0) is 61.3 Å². The molecular formula is C13H15Cl. The lowest BCUT2D eigenvalue weighted by atomic mass is 9.85. The monoisotopic (exact) mass is 206 g/mol. The van der Waals surface area contributed by atoms with Crippen molar-refractivity contribution >= 4 is 11.6 Å². The van der Waals surface area contributed by atoms with Gasteiger partial charge < -0.3 is 0 Å². The molecule has 2 rings (SSSR count). The van der Waals surface area contributed by atoms with E-state index < -0.39 is 0 Å². The van der Waals surface area contributed by atoms with E-state index in [1.54, 1.807) is 0 Å². The number of hydrogen-bond donors (Lipinski definition) is 0. The largest absolute Gasteiger partial charge is 0.125 e. The van der Waals surface area contributed by atoms with Crippen molar-refractivity contribution in [3.8, 4) is 0 Å². The average molecular weight is 207 g/mol. The van der Waals surface area contributed by atoms with Crippen molar-refractivity contribution in [1.29, 1.82) is 0 Å². The SMILES string of the molecule is C=C1C(Cl)=C(C=C=CC)C2CC[C@H]1C2. The second-order valence-corrected chi connectivity index (χ2v) is 4.48. The fraction of sp³-hybridized carbons (Fsp3) is 0.462. The molecule has 0 heterocycles. The molecule has 2 aliphatic rings. The summed E-state index contributed by atoms with van der Waals surface area (Å²) in [6.45, 7) is 6.06. The molecule has 2 bridgehead atoms. The van der Waals surface area contributed by atoms with E-state index in [0.29, 0.717) is 11.8 Å². The second kappa shape index (κ2) is 3.81. The summed E-state index contributed by atoms with van der Waals surface area (Å²) < 4.78 is 0. The van der Waals surface area contributed by atoms with Gasteiger partial charge in [0, 0.05) is 5.03 Å². The Kier molecular flexibility index (Phi) is 2.67. The Morgan fingerprint density at radius 2 is 2.14 bits per heavy atom. The summed E-state index contributed by atoms with van der Waals surface area (Å²) in [5, 5.41) is 0.901. The highest BCUT2D eigenvalue weighted by Gasteiger charge is 2.35. The molecule has 1 saturated carbocycles. The molecule has 0 aromatic rings. The smallest absolute Gasteiger partial charge is 0.0475 e. The summed E-state index contributed by atoms with van der Waals surface area (Å²) in [6, 6.07) is 0. The first-order valence-electron chi connectivity index (χ1n) is 5.20. The van der Waals surface area contributed by atoms with E-state index in [2.05, 4.69) is 12.3 Å². The molecule has 1 unspecified atom stereocenters. The molecule has 0 nitrogen and oxygen atoms in total. The lowest BCUT2D eigenvalue weighted by molar-refractivity contribution is 0.582. The van der Waals surface area contributed by atoms with Crippen LogP contribution in [0.15, 0.2) is 40.6 Å². The summed E-state index contributed by atoms with van der Waals surface area (Å²) in [5.74, 6) is 1.31. The predicted molar refractivity (Wildman–Crippen MR) is 61.2 cm³/mol. The Hall–Kier alpha value is -0.710. The van der Waals surface area contributed by atoms with Crippen molar-refractivity contribution in [3.63, 3.8) is 0 Å². The van der Waals surface area contributed by atoms with Crippen LogP contribution in [0.2, 0.25) is 0 Å². The predicted octanol–water partition coefficient (Wildman–Crippen LogP) is 4.20. The molecule has 0 spiro atoms. The minimum Gasteiger partial charge on any atom is -0.125 e. The molecule has 2 aliphatic carbocycles. The van der Waals surface area contributed by atoms with E-state index in [1.165, 1.54) is 24.8 Å². The van der Waals surface area contributed by atoms with E-state index in [1.807, 2.05) is 19.1 Å². The minimum atomic E-state index is 0.648. The van der Waals surface area contributed by atoms with Gasteiger partial charge in [0.1, 0.15) is 0 Å². The van der Waals surface area contributed by atoms with Gasteiger partial charge in [-0.15, -0.1) is 5.73 Å². The maximum absolute atomic E-state index is 6.29. The van der Waals surface area contributed by atoms with Crippen molar-refractivity contribution in [2.75, 3.05) is 0 Å². The third-order valence-corrected chi connectivity index (χ3v) is 3.77. The average Bonchev–Trinajstić information content (AvgIpc) is 2.62. The van der Waals surface area contributed by atoms with Crippen LogP contribution in [0.4, 0.5) is 0 Å². The molecule has 1 fully saturated rings. The topological polar surface area (TPSA) is 0 Å². The van der Waals surface area contributed by atoms with E-state index in [-0.39, 0.29) is 0 Å². The maximum Gasteiger partial charge on any atom is 0.0475 e. The summed E-state index contributed by atoms with van der Waals surface area (Å²) in [4.78, 5) is 0. The van der Waals surface area contributed by atoms with Crippen molar-refractivity contribution < 1.29 is 0 Å². The highest BCUT2D eigenvalue weighted by molar-refractivity contribution is 6.32. The van der Waals surface area contributed by atoms with Gasteiger partial charge in [-0.1, -0.05) is 18.2 Å². The molecule has 2 atom stereocenters. The number of fused-ring (bicyclic) bond motifs is 2. The standard InChI is InChI=1S/C13H15Cl/c1-3-4-5-12-11-7-6-10(8-11)9(2)13(12)14/h3,5,10-11H,2,6-8H2,1H3/t4?,10-,11?/m0/s1. The quantitative estimate of drug-likeness (QED) is 0.565. The van der Waals surface area contributed by atoms with Crippen molar-refractivity contribution in [2.45, 2.75) is 26.2 Å². The van der Waals surface area contributed by atoms with Gasteiger partial charge in [0.15, 0.2) is 0 Å². The Labute approximate surface area is 90.7 Å². The van der Waals surface area contributed by atoms with Crippen molar-refractivity contribution in [3.05, 3.63) is 40.6 Å². The zero-order chi connectivity index (χ0) is 10.1. The van der Waals surface area contributed by atoms with Gasteiger partial charge in [0.2, 0.25) is 0 Å². The lowest BCUT2D eigenvalue weighted by Gasteiger charge is -2.22. The first-order valence-corrected chi connectivity index (χ1v) is 5.57. The number of hydrogen-bond acceptors (Lipinski definition) is 0. The van der Waals surface area contributed by atoms with Crippen LogP contribution in [0.1, 0.15) is 26.2 Å². The van der Waals surface area contributed by atoms with Gasteiger partial charge in [-0.3, -0.25) is 0 Å². The first kappa shape index (κ1) is 9.83. The molecule has 0 amide bonds. The second-order valence-electron chi connectivity index (χ2n) is 4.10. The fourth-order valence-electron chi connectivity index (χ4n) is 2.48. The van der Waals surface area contributed by atoms with Crippen molar-refractivity contribution in [1.82, 2.24) is 0 Å². The molecule has 0 aromatic heterocycles. The van der Waals surface area contributed by atoms with Gasteiger partial charge in [-0.25, -0.2) is 0 Å². The molecule has 0 aliphatic heterocycles. The zero-order valence-electron chi connectivity index (χ0n) is 8.52. The molecule has 0 saturated heterocycles. The van der Waals surface area contributed by atoms with Crippen LogP contribution in [0.3, 0.4) is 0 Å². The van der Waals surface area contributed by atoms with Crippen LogP contribution in [-0.4, -0.2) is 0 Å². The van der Waals surface area contributed by atoms with Gasteiger partial charge >= 0.3 is 0 Å². The maximum atomic E-state index is 6.29. The Morgan fingerprint density at radius 3 is 2.86 bits per heavy atom. The highest BCUT2D eigenvalue weighted by atomic mass is 35.5. The van der Waals surface area contributed by atoms with Crippen LogP contribution < -0.4 is 0 Å². The number of halogens is 1. The molecule has 0 radical (unpaired) electrons. The summed E-state index contributed by atoms with van der Waals surface area (Å²) in [6.07, 6.45) is 7.71. The number of allylic oxidation sites excluding steroid dienone is 4. The Bertz CT molecular complexity index is 353. The van der Waals surface area contributed by atoms with Crippen LogP contribution in [0.25, 0.3) is 0 Å². The molecule has 0 aromatic carbocycles. The van der Waals surface area contributed by atoms with Crippen LogP contribution in [0, 0.1) is 11.8 Å². The van der Waals surface area contributed by atoms with Gasteiger partial charge in [-0.2, -0.15) is 0 Å². The van der Waals surface area contributed by atoms with Gasteiger partial charge in [0.05, 0.1) is 0 Å². The molecule has 14 heavy (non-hydrogen) atoms. The molecule has 1 heteroatoms. The highest BCUT2D eigenvalue weighted by Crippen LogP contribution is 2.48. The normalized spacial score (nSPS) is 30.3. The Morgan fingerprint density at radius 1 is 1.43 bits per heavy atom. The fourth-order valence-corrected chi connectivity index (χ4v) is 2.84. The summed E-state index contributed by atoms with van der Waals surface area (Å²) >= 11 is 6.29. The lowest BCUT2D eigenvalue weighted by Crippen LogP contribution is -2.09. The molecule has 74 valence electrons. The Balaban J connectivity index is 2.41. The summed E-state index contributed by atoms with van der Waals surface area (Å²) in [5.41, 5.74) is 5.51.